The second-order valence-corrected chi connectivity index (χ2v) is 6.13. The van der Waals surface area contributed by atoms with Gasteiger partial charge in [-0.3, -0.25) is 4.79 Å². The average molecular weight is 305 g/mol. The normalized spacial score (nSPS) is 27.2. The van der Waals surface area contributed by atoms with E-state index in [1.54, 1.807) is 0 Å². The summed E-state index contributed by atoms with van der Waals surface area (Å²) in [6.07, 6.45) is 2.17. The lowest BCUT2D eigenvalue weighted by Gasteiger charge is -2.27. The molecule has 2 atom stereocenters. The van der Waals surface area contributed by atoms with Crippen molar-refractivity contribution in [3.05, 3.63) is 35.9 Å². The van der Waals surface area contributed by atoms with E-state index < -0.39 is 17.7 Å². The number of ether oxygens (including phenoxy) is 1. The van der Waals surface area contributed by atoms with Crippen molar-refractivity contribution in [2.24, 2.45) is 0 Å². The molecule has 118 valence electrons. The Morgan fingerprint density at radius 3 is 2.55 bits per heavy atom. The number of benzene rings is 1. The Hall–Kier alpha value is -1.91. The van der Waals surface area contributed by atoms with Crippen molar-refractivity contribution in [3.8, 4) is 0 Å². The van der Waals surface area contributed by atoms with Gasteiger partial charge in [0.15, 0.2) is 6.10 Å². The number of amides is 1. The molecule has 0 spiro atoms. The second kappa shape index (κ2) is 6.07. The fourth-order valence-electron chi connectivity index (χ4n) is 3.20. The van der Waals surface area contributed by atoms with Crippen molar-refractivity contribution in [1.82, 2.24) is 5.32 Å². The Bertz CT molecular complexity index is 554. The third-order valence-electron chi connectivity index (χ3n) is 4.52. The summed E-state index contributed by atoms with van der Waals surface area (Å²) < 4.78 is 19.8. The summed E-state index contributed by atoms with van der Waals surface area (Å²) in [4.78, 5) is 24.1. The van der Waals surface area contributed by atoms with Gasteiger partial charge in [0.2, 0.25) is 5.67 Å². The topological polar surface area (TPSA) is 55.4 Å². The Balaban J connectivity index is 1.63. The van der Waals surface area contributed by atoms with Gasteiger partial charge in [-0.15, -0.1) is 0 Å². The lowest BCUT2D eigenvalue weighted by atomic mass is 9.86. The van der Waals surface area contributed by atoms with Crippen LogP contribution in [0.1, 0.15) is 50.1 Å². The zero-order chi connectivity index (χ0) is 15.6. The van der Waals surface area contributed by atoms with E-state index in [4.69, 9.17) is 4.74 Å². The molecule has 22 heavy (non-hydrogen) atoms. The highest BCUT2D eigenvalue weighted by atomic mass is 19.1. The van der Waals surface area contributed by atoms with Gasteiger partial charge in [0.1, 0.15) is 0 Å². The van der Waals surface area contributed by atoms with Crippen molar-refractivity contribution < 1.29 is 18.7 Å². The van der Waals surface area contributed by atoms with E-state index in [0.717, 1.165) is 12.0 Å². The minimum Gasteiger partial charge on any atom is -0.450 e. The van der Waals surface area contributed by atoms with E-state index in [1.165, 1.54) is 0 Å². The molecule has 1 N–H and O–H groups in total. The van der Waals surface area contributed by atoms with Gasteiger partial charge < -0.3 is 10.1 Å². The Morgan fingerprint density at radius 2 is 1.86 bits per heavy atom. The van der Waals surface area contributed by atoms with E-state index in [-0.39, 0.29) is 24.8 Å². The maximum Gasteiger partial charge on any atom is 0.344 e. The van der Waals surface area contributed by atoms with Crippen LogP contribution >= 0.6 is 0 Å². The summed E-state index contributed by atoms with van der Waals surface area (Å²) in [5.74, 6) is -1.22. The van der Waals surface area contributed by atoms with Crippen LogP contribution in [0.25, 0.3) is 0 Å². The lowest BCUT2D eigenvalue weighted by molar-refractivity contribution is -0.168. The third kappa shape index (κ3) is 2.98. The zero-order valence-electron chi connectivity index (χ0n) is 12.4. The van der Waals surface area contributed by atoms with Crippen molar-refractivity contribution in [2.75, 3.05) is 0 Å². The maximum atomic E-state index is 14.6. The summed E-state index contributed by atoms with van der Waals surface area (Å²) in [6.45, 7) is 0. The van der Waals surface area contributed by atoms with Crippen LogP contribution in [0.3, 0.4) is 0 Å². The first-order chi connectivity index (χ1) is 10.6. The number of esters is 1. The first-order valence-corrected chi connectivity index (χ1v) is 7.84. The predicted molar refractivity (Wildman–Crippen MR) is 78.7 cm³/mol. The minimum atomic E-state index is -1.91. The smallest absolute Gasteiger partial charge is 0.344 e. The average Bonchev–Trinajstić information content (AvgIpc) is 2.90. The Morgan fingerprint density at radius 1 is 1.18 bits per heavy atom. The SMILES string of the molecule is O=C1NC(c2ccccc2)CC1OC(=O)C1(F)CCCCC1. The molecule has 1 aromatic rings. The highest BCUT2D eigenvalue weighted by Crippen LogP contribution is 2.34. The van der Waals surface area contributed by atoms with Crippen LogP contribution in [0.5, 0.6) is 0 Å². The van der Waals surface area contributed by atoms with Crippen LogP contribution in [0, 0.1) is 0 Å². The summed E-state index contributed by atoms with van der Waals surface area (Å²) in [5, 5.41) is 2.80. The fourth-order valence-corrected chi connectivity index (χ4v) is 3.20. The molecular formula is C17H20FNO3. The van der Waals surface area contributed by atoms with Gasteiger partial charge in [-0.05, 0) is 31.2 Å². The number of nitrogens with one attached hydrogen (secondary N) is 1. The molecule has 1 aliphatic heterocycles. The van der Waals surface area contributed by atoms with Gasteiger partial charge in [-0.1, -0.05) is 36.8 Å². The molecule has 2 aliphatic rings. The molecule has 5 heteroatoms. The lowest BCUT2D eigenvalue weighted by Crippen LogP contribution is -2.41. The molecule has 0 bridgehead atoms. The molecule has 4 nitrogen and oxygen atoms in total. The number of alkyl halides is 1. The number of halogens is 1. The summed E-state index contributed by atoms with van der Waals surface area (Å²) >= 11 is 0. The molecule has 1 heterocycles. The van der Waals surface area contributed by atoms with Crippen molar-refractivity contribution >= 4 is 11.9 Å². The number of hydrogen-bond acceptors (Lipinski definition) is 3. The van der Waals surface area contributed by atoms with E-state index in [0.29, 0.717) is 19.3 Å². The van der Waals surface area contributed by atoms with Crippen molar-refractivity contribution in [2.45, 2.75) is 56.3 Å². The maximum absolute atomic E-state index is 14.6. The highest BCUT2D eigenvalue weighted by Gasteiger charge is 2.45. The van der Waals surface area contributed by atoms with Gasteiger partial charge in [0.25, 0.3) is 5.91 Å². The van der Waals surface area contributed by atoms with Crippen LogP contribution in [0.2, 0.25) is 0 Å². The van der Waals surface area contributed by atoms with Gasteiger partial charge in [-0.2, -0.15) is 0 Å². The standard InChI is InChI=1S/C17H20FNO3/c18-17(9-5-2-6-10-17)16(21)22-14-11-13(19-15(14)20)12-7-3-1-4-8-12/h1,3-4,7-8,13-14H,2,5-6,9-11H2,(H,19,20). The molecule has 1 aromatic carbocycles. The molecular weight excluding hydrogens is 285 g/mol. The molecule has 2 fully saturated rings. The van der Waals surface area contributed by atoms with Crippen LogP contribution in [0.4, 0.5) is 4.39 Å². The van der Waals surface area contributed by atoms with Crippen LogP contribution in [-0.2, 0) is 14.3 Å². The van der Waals surface area contributed by atoms with Gasteiger partial charge >= 0.3 is 5.97 Å². The van der Waals surface area contributed by atoms with E-state index in [2.05, 4.69) is 5.32 Å². The van der Waals surface area contributed by atoms with Gasteiger partial charge in [-0.25, -0.2) is 9.18 Å². The van der Waals surface area contributed by atoms with Crippen molar-refractivity contribution in [3.63, 3.8) is 0 Å². The molecule has 0 aromatic heterocycles. The Kier molecular flexibility index (Phi) is 4.14. The zero-order valence-corrected chi connectivity index (χ0v) is 12.4. The molecule has 1 aliphatic carbocycles. The van der Waals surface area contributed by atoms with E-state index in [1.807, 2.05) is 30.3 Å². The van der Waals surface area contributed by atoms with Crippen molar-refractivity contribution in [1.29, 1.82) is 0 Å². The Labute approximate surface area is 129 Å². The summed E-state index contributed by atoms with van der Waals surface area (Å²) in [5.41, 5.74) is -0.953. The monoisotopic (exact) mass is 305 g/mol. The summed E-state index contributed by atoms with van der Waals surface area (Å²) in [7, 11) is 0. The fraction of sp³-hybridized carbons (Fsp3) is 0.529. The van der Waals surface area contributed by atoms with E-state index >= 15 is 0 Å². The second-order valence-electron chi connectivity index (χ2n) is 6.13. The largest absolute Gasteiger partial charge is 0.450 e. The third-order valence-corrected chi connectivity index (χ3v) is 4.52. The first-order valence-electron chi connectivity index (χ1n) is 7.84. The van der Waals surface area contributed by atoms with Crippen LogP contribution in [0.15, 0.2) is 30.3 Å². The summed E-state index contributed by atoms with van der Waals surface area (Å²) in [6, 6.07) is 9.31. The molecule has 1 saturated heterocycles. The number of carbonyl (C=O) groups excluding carboxylic acids is 2. The molecule has 1 saturated carbocycles. The van der Waals surface area contributed by atoms with Gasteiger partial charge in [0.05, 0.1) is 6.04 Å². The minimum absolute atomic E-state index is 0.187. The molecule has 1 amide bonds. The van der Waals surface area contributed by atoms with E-state index in [9.17, 15) is 14.0 Å². The first kappa shape index (κ1) is 15.0. The van der Waals surface area contributed by atoms with Crippen LogP contribution < -0.4 is 5.32 Å². The number of rotatable bonds is 3. The number of hydrogen-bond donors (Lipinski definition) is 1. The highest BCUT2D eigenvalue weighted by molar-refractivity contribution is 5.88. The quantitative estimate of drug-likeness (QED) is 0.874. The predicted octanol–water partition coefficient (Wildman–Crippen LogP) is 2.83. The van der Waals surface area contributed by atoms with Crippen LogP contribution in [-0.4, -0.2) is 23.6 Å². The van der Waals surface area contributed by atoms with Gasteiger partial charge in [0, 0.05) is 6.42 Å². The number of carbonyl (C=O) groups is 2. The molecule has 2 unspecified atom stereocenters. The molecule has 3 rings (SSSR count). The molecule has 0 radical (unpaired) electrons.